The lowest BCUT2D eigenvalue weighted by molar-refractivity contribution is 0.112. The summed E-state index contributed by atoms with van der Waals surface area (Å²) in [6.07, 6.45) is 4.39. The molecule has 0 fully saturated rings. The van der Waals surface area contributed by atoms with Gasteiger partial charge in [0, 0.05) is 17.7 Å². The second-order valence-electron chi connectivity index (χ2n) is 5.16. The second-order valence-corrected chi connectivity index (χ2v) is 5.16. The molecule has 0 amide bonds. The molecule has 15 heavy (non-hydrogen) atoms. The molecule has 0 N–H and O–H groups in total. The van der Waals surface area contributed by atoms with E-state index in [0.29, 0.717) is 0 Å². The zero-order valence-corrected chi connectivity index (χ0v) is 9.71. The highest BCUT2D eigenvalue weighted by atomic mass is 16.1. The molecule has 0 aliphatic heterocycles. The molecule has 1 aliphatic rings. The average molecular weight is 204 g/mol. The number of carbonyl (C=O) groups is 1. The van der Waals surface area contributed by atoms with Crippen molar-refractivity contribution in [3.8, 4) is 0 Å². The van der Waals surface area contributed by atoms with Gasteiger partial charge in [0.15, 0.2) is 6.29 Å². The highest BCUT2D eigenvalue weighted by Crippen LogP contribution is 2.30. The lowest BCUT2D eigenvalue weighted by Gasteiger charge is -2.24. The first-order valence-corrected chi connectivity index (χ1v) is 5.45. The first-order chi connectivity index (χ1) is 7.02. The molecule has 1 aliphatic carbocycles. The number of hydrogen-bond donors (Lipinski definition) is 0. The van der Waals surface area contributed by atoms with Crippen molar-refractivity contribution in [2.75, 3.05) is 21.1 Å². The molecule has 0 bridgehead atoms. The first-order valence-electron chi connectivity index (χ1n) is 5.45. The third-order valence-corrected chi connectivity index (χ3v) is 3.14. The Labute approximate surface area is 91.1 Å². The Balaban J connectivity index is 2.58. The monoisotopic (exact) mass is 204 g/mol. The van der Waals surface area contributed by atoms with Gasteiger partial charge in [-0.2, -0.15) is 0 Å². The first kappa shape index (κ1) is 10.4. The van der Waals surface area contributed by atoms with Crippen molar-refractivity contribution >= 4 is 12.0 Å². The van der Waals surface area contributed by atoms with Crippen LogP contribution in [0.1, 0.15) is 27.9 Å². The third kappa shape index (κ3) is 1.82. The predicted molar refractivity (Wildman–Crippen MR) is 63.4 cm³/mol. The molecule has 0 heterocycles. The molecule has 1 aromatic carbocycles. The van der Waals surface area contributed by atoms with Crippen LogP contribution >= 0.6 is 0 Å². The van der Waals surface area contributed by atoms with Crippen molar-refractivity contribution in [1.82, 2.24) is 4.48 Å². The van der Waals surface area contributed by atoms with Crippen molar-refractivity contribution in [3.63, 3.8) is 0 Å². The Bertz CT molecular complexity index is 402. The summed E-state index contributed by atoms with van der Waals surface area (Å²) < 4.78 is 0.772. The van der Waals surface area contributed by atoms with E-state index in [1.54, 1.807) is 0 Å². The van der Waals surface area contributed by atoms with Gasteiger partial charge >= 0.3 is 0 Å². The number of fused-ring (bicyclic) bond motifs is 1. The fourth-order valence-corrected chi connectivity index (χ4v) is 2.22. The Morgan fingerprint density at radius 1 is 1.20 bits per heavy atom. The summed E-state index contributed by atoms with van der Waals surface area (Å²) in [6.45, 7) is 0. The van der Waals surface area contributed by atoms with E-state index >= 15 is 0 Å². The van der Waals surface area contributed by atoms with Crippen LogP contribution in [0, 0.1) is 0 Å². The molecule has 2 heteroatoms. The van der Waals surface area contributed by atoms with E-state index in [4.69, 9.17) is 0 Å². The Morgan fingerprint density at radius 2 is 1.93 bits per heavy atom. The summed E-state index contributed by atoms with van der Waals surface area (Å²) in [6, 6.07) is 4.30. The number of aldehydes is 1. The topological polar surface area (TPSA) is 17.1 Å². The van der Waals surface area contributed by atoms with Gasteiger partial charge in [0.05, 0.1) is 21.1 Å². The summed E-state index contributed by atoms with van der Waals surface area (Å²) in [5.74, 6) is 0. The van der Waals surface area contributed by atoms with Gasteiger partial charge in [0.1, 0.15) is 5.69 Å². The Morgan fingerprint density at radius 3 is 2.53 bits per heavy atom. The summed E-state index contributed by atoms with van der Waals surface area (Å²) in [5, 5.41) is 0. The summed E-state index contributed by atoms with van der Waals surface area (Å²) in [7, 11) is 6.39. The van der Waals surface area contributed by atoms with Crippen LogP contribution in [0.3, 0.4) is 0 Å². The maximum absolute atomic E-state index is 11.0. The lowest BCUT2D eigenvalue weighted by Crippen LogP contribution is -2.35. The van der Waals surface area contributed by atoms with E-state index in [2.05, 4.69) is 27.2 Å². The minimum Gasteiger partial charge on any atom is -0.298 e. The van der Waals surface area contributed by atoms with Crippen LogP contribution in [-0.2, 0) is 12.8 Å². The fraction of sp³-hybridized carbons (Fsp3) is 0.462. The molecule has 0 saturated carbocycles. The smallest absolute Gasteiger partial charge is 0.150 e. The van der Waals surface area contributed by atoms with E-state index < -0.39 is 0 Å². The molecule has 0 radical (unpaired) electrons. The highest BCUT2D eigenvalue weighted by molar-refractivity contribution is 5.80. The predicted octanol–water partition coefficient (Wildman–Crippen LogP) is 2.18. The number of nitrogens with zero attached hydrogens (tertiary/aromatic N) is 1. The highest BCUT2D eigenvalue weighted by Gasteiger charge is 2.21. The zero-order valence-electron chi connectivity index (χ0n) is 9.71. The lowest BCUT2D eigenvalue weighted by atomic mass is 10.0. The molecule has 80 valence electrons. The van der Waals surface area contributed by atoms with Crippen LogP contribution in [0.4, 0.5) is 5.69 Å². The Hall–Kier alpha value is -1.15. The number of benzene rings is 1. The molecule has 0 atom stereocenters. The van der Waals surface area contributed by atoms with E-state index in [1.807, 2.05) is 6.07 Å². The van der Waals surface area contributed by atoms with Crippen LogP contribution in [0.2, 0.25) is 0 Å². The van der Waals surface area contributed by atoms with E-state index in [9.17, 15) is 4.79 Å². The molecule has 0 aromatic heterocycles. The van der Waals surface area contributed by atoms with Gasteiger partial charge in [-0.1, -0.05) is 0 Å². The van der Waals surface area contributed by atoms with Crippen molar-refractivity contribution in [1.29, 1.82) is 0 Å². The third-order valence-electron chi connectivity index (χ3n) is 3.14. The molecule has 1 aromatic rings. The molecule has 2 rings (SSSR count). The molecular weight excluding hydrogens is 186 g/mol. The number of carbonyl (C=O) groups excluding carboxylic acids is 1. The van der Waals surface area contributed by atoms with Crippen LogP contribution in [-0.4, -0.2) is 27.4 Å². The van der Waals surface area contributed by atoms with Crippen molar-refractivity contribution in [2.45, 2.75) is 19.3 Å². The standard InChI is InChI=1S/C13H18NO/c1-14(2,3)12-7-10-5-4-6-13(10)11(8-12)9-15/h7-9H,4-6H2,1-3H3/q+1. The van der Waals surface area contributed by atoms with Gasteiger partial charge in [-0.25, -0.2) is 0 Å². The van der Waals surface area contributed by atoms with Crippen LogP contribution in [0.15, 0.2) is 12.1 Å². The van der Waals surface area contributed by atoms with Crippen LogP contribution < -0.4 is 4.48 Å². The summed E-state index contributed by atoms with van der Waals surface area (Å²) in [5.41, 5.74) is 4.77. The summed E-state index contributed by atoms with van der Waals surface area (Å²) >= 11 is 0. The SMILES string of the molecule is C[N+](C)(C)c1cc(C=O)c2c(c1)CCC2. The van der Waals surface area contributed by atoms with E-state index in [0.717, 1.165) is 29.2 Å². The minimum absolute atomic E-state index is 0.772. The normalized spacial score (nSPS) is 15.1. The molecular formula is C13H18NO+. The van der Waals surface area contributed by atoms with Gasteiger partial charge in [-0.3, -0.25) is 9.28 Å². The van der Waals surface area contributed by atoms with Gasteiger partial charge in [-0.05, 0) is 30.4 Å². The van der Waals surface area contributed by atoms with E-state index in [-0.39, 0.29) is 0 Å². The molecule has 0 spiro atoms. The van der Waals surface area contributed by atoms with Crippen molar-refractivity contribution in [2.24, 2.45) is 0 Å². The van der Waals surface area contributed by atoms with Gasteiger partial charge < -0.3 is 0 Å². The Kier molecular flexibility index (Phi) is 2.39. The van der Waals surface area contributed by atoms with Gasteiger partial charge in [-0.15, -0.1) is 0 Å². The van der Waals surface area contributed by atoms with Gasteiger partial charge in [0.2, 0.25) is 0 Å². The fourth-order valence-electron chi connectivity index (χ4n) is 2.22. The van der Waals surface area contributed by atoms with Gasteiger partial charge in [0.25, 0.3) is 0 Å². The summed E-state index contributed by atoms with van der Waals surface area (Å²) in [4.78, 5) is 11.0. The number of rotatable bonds is 2. The molecule has 0 saturated heterocycles. The largest absolute Gasteiger partial charge is 0.298 e. The second kappa shape index (κ2) is 3.46. The van der Waals surface area contributed by atoms with Crippen molar-refractivity contribution < 1.29 is 4.79 Å². The van der Waals surface area contributed by atoms with E-state index in [1.165, 1.54) is 23.2 Å². The average Bonchev–Trinajstić information content (AvgIpc) is 2.62. The minimum atomic E-state index is 0.772. The maximum Gasteiger partial charge on any atom is 0.150 e. The van der Waals surface area contributed by atoms with Crippen molar-refractivity contribution in [3.05, 3.63) is 28.8 Å². The molecule has 0 unspecified atom stereocenters. The quantitative estimate of drug-likeness (QED) is 0.533. The molecule has 2 nitrogen and oxygen atoms in total. The number of quaternary nitrogens is 1. The number of hydrogen-bond acceptors (Lipinski definition) is 1. The number of aryl methyl sites for hydroxylation is 1. The maximum atomic E-state index is 11.0. The van der Waals surface area contributed by atoms with Crippen LogP contribution in [0.25, 0.3) is 0 Å². The zero-order chi connectivity index (χ0) is 11.1. The van der Waals surface area contributed by atoms with Crippen LogP contribution in [0.5, 0.6) is 0 Å².